The van der Waals surface area contributed by atoms with Crippen molar-refractivity contribution in [2.24, 2.45) is 0 Å². The summed E-state index contributed by atoms with van der Waals surface area (Å²) in [5.74, 6) is 0.544. The number of carbonyl (C=O) groups excluding carboxylic acids is 1. The highest BCUT2D eigenvalue weighted by atomic mass is 16.5. The molecular weight excluding hydrogens is 222 g/mol. The van der Waals surface area contributed by atoms with Crippen molar-refractivity contribution in [2.75, 3.05) is 38.8 Å². The van der Waals surface area contributed by atoms with Crippen molar-refractivity contribution in [1.29, 1.82) is 0 Å². The third-order valence-corrected chi connectivity index (χ3v) is 2.27. The predicted octanol–water partition coefficient (Wildman–Crippen LogP) is 0.492. The summed E-state index contributed by atoms with van der Waals surface area (Å²) in [5.41, 5.74) is 0. The lowest BCUT2D eigenvalue weighted by Crippen LogP contribution is -2.30. The Bertz CT molecular complexity index is 332. The van der Waals surface area contributed by atoms with Gasteiger partial charge in [0.05, 0.1) is 20.1 Å². The van der Waals surface area contributed by atoms with Gasteiger partial charge in [0.2, 0.25) is 0 Å². The molecule has 17 heavy (non-hydrogen) atoms. The van der Waals surface area contributed by atoms with Gasteiger partial charge >= 0.3 is 5.97 Å². The first-order chi connectivity index (χ1) is 8.27. The fraction of sp³-hybridized carbons (Fsp3) is 0.545. The summed E-state index contributed by atoms with van der Waals surface area (Å²) in [6.07, 6.45) is 3.47. The molecule has 1 aromatic heterocycles. The Morgan fingerprint density at radius 1 is 1.41 bits per heavy atom. The molecule has 94 valence electrons. The van der Waals surface area contributed by atoms with Crippen molar-refractivity contribution in [2.45, 2.75) is 6.42 Å². The quantitative estimate of drug-likeness (QED) is 0.645. The van der Waals surface area contributed by atoms with Gasteiger partial charge in [0, 0.05) is 26.4 Å². The lowest BCUT2D eigenvalue weighted by Gasteiger charge is -2.22. The molecule has 6 heteroatoms. The first-order valence-corrected chi connectivity index (χ1v) is 5.34. The molecule has 1 heterocycles. The lowest BCUT2D eigenvalue weighted by atomic mass is 10.3. The van der Waals surface area contributed by atoms with E-state index in [2.05, 4.69) is 14.7 Å². The summed E-state index contributed by atoms with van der Waals surface area (Å²) in [5, 5.41) is 0. The van der Waals surface area contributed by atoms with E-state index in [-0.39, 0.29) is 5.97 Å². The molecule has 0 saturated heterocycles. The average Bonchev–Trinajstić information content (AvgIpc) is 2.39. The minimum Gasteiger partial charge on any atom is -0.469 e. The van der Waals surface area contributed by atoms with Gasteiger partial charge in [-0.1, -0.05) is 0 Å². The lowest BCUT2D eigenvalue weighted by molar-refractivity contribution is -0.140. The number of esters is 1. The van der Waals surface area contributed by atoms with Gasteiger partial charge in [-0.3, -0.25) is 4.79 Å². The molecule has 6 nitrogen and oxygen atoms in total. The Balaban J connectivity index is 2.57. The number of methoxy groups -OCH3 is 2. The van der Waals surface area contributed by atoms with Crippen molar-refractivity contribution in [3.63, 3.8) is 0 Å². The van der Waals surface area contributed by atoms with E-state index in [1.807, 2.05) is 4.90 Å². The number of rotatable bonds is 7. The fourth-order valence-electron chi connectivity index (χ4n) is 1.34. The van der Waals surface area contributed by atoms with Crippen LogP contribution in [0.25, 0.3) is 0 Å². The van der Waals surface area contributed by atoms with E-state index in [4.69, 9.17) is 4.74 Å². The maximum Gasteiger partial charge on any atom is 0.307 e. The normalized spacial score (nSPS) is 10.0. The van der Waals surface area contributed by atoms with Crippen LogP contribution in [0.3, 0.4) is 0 Å². The van der Waals surface area contributed by atoms with Gasteiger partial charge in [0.15, 0.2) is 0 Å². The number of anilines is 1. The molecule has 1 aromatic rings. The van der Waals surface area contributed by atoms with E-state index in [0.717, 1.165) is 5.82 Å². The summed E-state index contributed by atoms with van der Waals surface area (Å²) in [6, 6.07) is 1.80. The zero-order valence-electron chi connectivity index (χ0n) is 10.1. The third kappa shape index (κ3) is 4.78. The van der Waals surface area contributed by atoms with E-state index in [1.165, 1.54) is 13.4 Å². The first kappa shape index (κ1) is 13.4. The van der Waals surface area contributed by atoms with Gasteiger partial charge < -0.3 is 14.4 Å². The van der Waals surface area contributed by atoms with Crippen LogP contribution in [-0.2, 0) is 14.3 Å². The van der Waals surface area contributed by atoms with Crippen LogP contribution in [0.2, 0.25) is 0 Å². The Morgan fingerprint density at radius 3 is 2.82 bits per heavy atom. The van der Waals surface area contributed by atoms with Gasteiger partial charge in [-0.25, -0.2) is 9.97 Å². The second-order valence-electron chi connectivity index (χ2n) is 3.37. The highest BCUT2D eigenvalue weighted by molar-refractivity contribution is 5.69. The van der Waals surface area contributed by atoms with E-state index in [1.54, 1.807) is 19.4 Å². The van der Waals surface area contributed by atoms with Gasteiger partial charge in [0.1, 0.15) is 12.1 Å². The standard InChI is InChI=1S/C11H17N3O3/c1-16-8-7-14(6-4-11(15)17-2)10-3-5-12-9-13-10/h3,5,9H,4,6-8H2,1-2H3. The number of carbonyl (C=O) groups is 1. The van der Waals surface area contributed by atoms with Crippen molar-refractivity contribution >= 4 is 11.8 Å². The van der Waals surface area contributed by atoms with Gasteiger partial charge in [0.25, 0.3) is 0 Å². The molecule has 0 aromatic carbocycles. The molecule has 0 aliphatic heterocycles. The minimum absolute atomic E-state index is 0.235. The second kappa shape index (κ2) is 7.56. The largest absolute Gasteiger partial charge is 0.469 e. The molecule has 0 radical (unpaired) electrons. The molecule has 0 N–H and O–H groups in total. The summed E-state index contributed by atoms with van der Waals surface area (Å²) in [7, 11) is 3.02. The maximum atomic E-state index is 11.1. The second-order valence-corrected chi connectivity index (χ2v) is 3.37. The Morgan fingerprint density at radius 2 is 2.24 bits per heavy atom. The molecular formula is C11H17N3O3. The topological polar surface area (TPSA) is 64.5 Å². The molecule has 0 amide bonds. The average molecular weight is 239 g/mol. The van der Waals surface area contributed by atoms with Crippen molar-refractivity contribution in [3.05, 3.63) is 18.6 Å². The van der Waals surface area contributed by atoms with E-state index >= 15 is 0 Å². The van der Waals surface area contributed by atoms with Crippen molar-refractivity contribution in [3.8, 4) is 0 Å². The van der Waals surface area contributed by atoms with E-state index in [0.29, 0.717) is 26.1 Å². The molecule has 0 aliphatic rings. The smallest absolute Gasteiger partial charge is 0.307 e. The van der Waals surface area contributed by atoms with Gasteiger partial charge in [-0.05, 0) is 6.07 Å². The first-order valence-electron chi connectivity index (χ1n) is 5.34. The van der Waals surface area contributed by atoms with Gasteiger partial charge in [-0.2, -0.15) is 0 Å². The summed E-state index contributed by atoms with van der Waals surface area (Å²) in [4.78, 5) is 21.1. The Kier molecular flexibility index (Phi) is 5.95. The SMILES string of the molecule is COCCN(CCC(=O)OC)c1ccncn1. The van der Waals surface area contributed by atoms with Gasteiger partial charge in [-0.15, -0.1) is 0 Å². The third-order valence-electron chi connectivity index (χ3n) is 2.27. The number of nitrogens with zero attached hydrogens (tertiary/aromatic N) is 3. The molecule has 0 unspecified atom stereocenters. The molecule has 0 aliphatic carbocycles. The van der Waals surface area contributed by atoms with Crippen molar-refractivity contribution < 1.29 is 14.3 Å². The summed E-state index contributed by atoms with van der Waals surface area (Å²) >= 11 is 0. The van der Waals surface area contributed by atoms with Crippen LogP contribution in [0.4, 0.5) is 5.82 Å². The predicted molar refractivity (Wildman–Crippen MR) is 62.8 cm³/mol. The monoisotopic (exact) mass is 239 g/mol. The molecule has 0 atom stereocenters. The molecule has 1 rings (SSSR count). The number of hydrogen-bond acceptors (Lipinski definition) is 6. The Hall–Kier alpha value is -1.69. The zero-order valence-corrected chi connectivity index (χ0v) is 10.1. The Labute approximate surface area is 101 Å². The number of ether oxygens (including phenoxy) is 2. The van der Waals surface area contributed by atoms with Crippen molar-refractivity contribution in [1.82, 2.24) is 9.97 Å². The number of aromatic nitrogens is 2. The van der Waals surface area contributed by atoms with Crippen LogP contribution in [0.15, 0.2) is 18.6 Å². The number of hydrogen-bond donors (Lipinski definition) is 0. The summed E-state index contributed by atoms with van der Waals surface area (Å²) < 4.78 is 9.64. The van der Waals surface area contributed by atoms with Crippen LogP contribution in [0.5, 0.6) is 0 Å². The van der Waals surface area contributed by atoms with E-state index < -0.39 is 0 Å². The summed E-state index contributed by atoms with van der Waals surface area (Å²) in [6.45, 7) is 1.79. The van der Waals surface area contributed by atoms with Crippen LogP contribution >= 0.6 is 0 Å². The maximum absolute atomic E-state index is 11.1. The fourth-order valence-corrected chi connectivity index (χ4v) is 1.34. The highest BCUT2D eigenvalue weighted by Crippen LogP contribution is 2.08. The molecule has 0 saturated carbocycles. The van der Waals surface area contributed by atoms with Crippen LogP contribution in [-0.4, -0.2) is 49.9 Å². The molecule has 0 fully saturated rings. The zero-order chi connectivity index (χ0) is 12.5. The van der Waals surface area contributed by atoms with Crippen LogP contribution < -0.4 is 4.90 Å². The minimum atomic E-state index is -0.235. The molecule has 0 spiro atoms. The highest BCUT2D eigenvalue weighted by Gasteiger charge is 2.10. The molecule has 0 bridgehead atoms. The van der Waals surface area contributed by atoms with Crippen LogP contribution in [0, 0.1) is 0 Å². The van der Waals surface area contributed by atoms with Crippen LogP contribution in [0.1, 0.15) is 6.42 Å². The van der Waals surface area contributed by atoms with E-state index in [9.17, 15) is 4.79 Å².